The summed E-state index contributed by atoms with van der Waals surface area (Å²) in [6.45, 7) is 0.828. The van der Waals surface area contributed by atoms with E-state index in [1.807, 2.05) is 0 Å². The first kappa shape index (κ1) is 34.6. The van der Waals surface area contributed by atoms with Crippen molar-refractivity contribution in [3.63, 3.8) is 0 Å². The monoisotopic (exact) mass is 698 g/mol. The van der Waals surface area contributed by atoms with Gasteiger partial charge in [-0.15, -0.1) is 0 Å². The number of fused-ring (bicyclic) bond motifs is 2. The van der Waals surface area contributed by atoms with E-state index in [0.717, 1.165) is 6.42 Å². The second-order valence-corrected chi connectivity index (χ2v) is 17.0. The van der Waals surface area contributed by atoms with E-state index < -0.39 is 49.6 Å². The Bertz CT molecular complexity index is 1630. The maximum atomic E-state index is 15.4. The first-order valence-electron chi connectivity index (χ1n) is 15.5. The van der Waals surface area contributed by atoms with Gasteiger partial charge in [0, 0.05) is 47.4 Å². The number of alkyl carbamates (subject to hydrolysis) is 1. The van der Waals surface area contributed by atoms with Crippen LogP contribution >= 0.6 is 11.6 Å². The summed E-state index contributed by atoms with van der Waals surface area (Å²) in [5.74, 6) is -2.15. The number of halogens is 2. The SMILES string of the molecule is COC(=O)N[C@H](C(=O)Nc1cccc(F)c1CC[C@H]1CNC2CCCS(=O)(=O)N1C2)[C@@H](c1ccc(Cl)cc1)C1CCS(=O)(=O)CC1. The molecule has 3 N–H and O–H groups in total. The van der Waals surface area contributed by atoms with Crippen molar-refractivity contribution < 1.29 is 35.6 Å². The molecule has 0 radical (unpaired) electrons. The number of hydrogen-bond donors (Lipinski definition) is 3. The van der Waals surface area contributed by atoms with Gasteiger partial charge in [0.2, 0.25) is 15.9 Å². The summed E-state index contributed by atoms with van der Waals surface area (Å²) < 4.78 is 72.2. The normalized spacial score (nSPS) is 25.4. The lowest BCUT2D eigenvalue weighted by Crippen LogP contribution is -2.57. The minimum Gasteiger partial charge on any atom is -0.453 e. The number of piperazine rings is 1. The average molecular weight is 699 g/mol. The van der Waals surface area contributed by atoms with Gasteiger partial charge in [-0.2, -0.15) is 4.31 Å². The number of sulfone groups is 1. The van der Waals surface area contributed by atoms with E-state index in [9.17, 15) is 26.4 Å². The molecule has 5 atom stereocenters. The molecule has 2 unspecified atom stereocenters. The van der Waals surface area contributed by atoms with Gasteiger partial charge in [-0.3, -0.25) is 4.79 Å². The van der Waals surface area contributed by atoms with Gasteiger partial charge < -0.3 is 20.7 Å². The maximum Gasteiger partial charge on any atom is 0.407 e. The van der Waals surface area contributed by atoms with Crippen LogP contribution in [0.2, 0.25) is 5.02 Å². The number of nitrogens with one attached hydrogen (secondary N) is 3. The number of carbonyl (C=O) groups excluding carboxylic acids is 2. The zero-order chi connectivity index (χ0) is 33.1. The molecular weight excluding hydrogens is 659 g/mol. The van der Waals surface area contributed by atoms with E-state index in [4.69, 9.17) is 16.3 Å². The Labute approximate surface area is 274 Å². The molecule has 3 heterocycles. The van der Waals surface area contributed by atoms with Gasteiger partial charge in [0.25, 0.3) is 0 Å². The van der Waals surface area contributed by atoms with E-state index in [2.05, 4.69) is 16.0 Å². The summed E-state index contributed by atoms with van der Waals surface area (Å²) in [6, 6.07) is 9.62. The first-order valence-corrected chi connectivity index (χ1v) is 19.3. The first-order chi connectivity index (χ1) is 21.9. The highest BCUT2D eigenvalue weighted by Gasteiger charge is 2.41. The summed E-state index contributed by atoms with van der Waals surface area (Å²) in [7, 11) is -5.48. The molecular formula is C31H40ClFN4O7S2. The van der Waals surface area contributed by atoms with E-state index >= 15 is 4.39 Å². The molecule has 46 heavy (non-hydrogen) atoms. The zero-order valence-electron chi connectivity index (χ0n) is 25.6. The van der Waals surface area contributed by atoms with Crippen LogP contribution < -0.4 is 16.0 Å². The number of methoxy groups -OCH3 is 1. The average Bonchev–Trinajstić information content (AvgIpc) is 3.13. The fourth-order valence-electron chi connectivity index (χ4n) is 6.89. The number of nitrogens with zero attached hydrogens (tertiary/aromatic N) is 1. The van der Waals surface area contributed by atoms with Gasteiger partial charge >= 0.3 is 6.09 Å². The van der Waals surface area contributed by atoms with Crippen LogP contribution in [0, 0.1) is 11.7 Å². The van der Waals surface area contributed by atoms with Crippen LogP contribution in [0.4, 0.5) is 14.9 Å². The molecule has 3 fully saturated rings. The third kappa shape index (κ3) is 8.19. The minimum atomic E-state index is -3.43. The van der Waals surface area contributed by atoms with E-state index in [-0.39, 0.29) is 65.8 Å². The maximum absolute atomic E-state index is 15.4. The molecule has 3 aliphatic rings. The Balaban J connectivity index is 1.42. The fraction of sp³-hybridized carbons (Fsp3) is 0.548. The molecule has 2 aromatic rings. The number of hydrogen-bond acceptors (Lipinski definition) is 8. The molecule has 252 valence electrons. The fourth-order valence-corrected chi connectivity index (χ4v) is 10.4. The van der Waals surface area contributed by atoms with Crippen molar-refractivity contribution in [1.29, 1.82) is 0 Å². The second-order valence-electron chi connectivity index (χ2n) is 12.3. The third-order valence-electron chi connectivity index (χ3n) is 9.33. The van der Waals surface area contributed by atoms with Crippen LogP contribution in [0.15, 0.2) is 42.5 Å². The molecule has 2 amide bonds. The molecule has 11 nitrogen and oxygen atoms in total. The number of amides is 2. The lowest BCUT2D eigenvalue weighted by molar-refractivity contribution is -0.119. The van der Waals surface area contributed by atoms with Crippen molar-refractivity contribution >= 4 is 49.1 Å². The minimum absolute atomic E-state index is 0.0497. The summed E-state index contributed by atoms with van der Waals surface area (Å²) in [6.07, 6.45) is 1.55. The van der Waals surface area contributed by atoms with Crippen molar-refractivity contribution in [1.82, 2.24) is 14.9 Å². The Kier molecular flexibility index (Phi) is 10.9. The molecule has 5 rings (SSSR count). The van der Waals surface area contributed by atoms with Crippen LogP contribution in [0.1, 0.15) is 49.1 Å². The molecule has 2 bridgehead atoms. The summed E-state index contributed by atoms with van der Waals surface area (Å²) >= 11 is 6.14. The molecule has 15 heteroatoms. The van der Waals surface area contributed by atoms with Crippen molar-refractivity contribution in [2.45, 2.75) is 62.6 Å². The molecule has 3 aliphatic heterocycles. The van der Waals surface area contributed by atoms with Crippen LogP contribution in [0.25, 0.3) is 0 Å². The van der Waals surface area contributed by atoms with Crippen molar-refractivity contribution in [2.24, 2.45) is 5.92 Å². The summed E-state index contributed by atoms with van der Waals surface area (Å²) in [4.78, 5) is 26.7. The Morgan fingerprint density at radius 2 is 1.78 bits per heavy atom. The smallest absolute Gasteiger partial charge is 0.407 e. The van der Waals surface area contributed by atoms with Gasteiger partial charge in [-0.05, 0) is 74.3 Å². The van der Waals surface area contributed by atoms with Crippen molar-refractivity contribution in [3.8, 4) is 0 Å². The lowest BCUT2D eigenvalue weighted by atomic mass is 9.77. The number of anilines is 1. The number of sulfonamides is 1. The van der Waals surface area contributed by atoms with E-state index in [1.54, 1.807) is 30.3 Å². The van der Waals surface area contributed by atoms with E-state index in [0.29, 0.717) is 36.5 Å². The number of carbonyl (C=O) groups is 2. The highest BCUT2D eigenvalue weighted by atomic mass is 35.5. The van der Waals surface area contributed by atoms with Crippen molar-refractivity contribution in [3.05, 3.63) is 64.4 Å². The quantitative estimate of drug-likeness (QED) is 0.361. The van der Waals surface area contributed by atoms with Gasteiger partial charge in [0.15, 0.2) is 0 Å². The highest BCUT2D eigenvalue weighted by Crippen LogP contribution is 2.37. The summed E-state index contributed by atoms with van der Waals surface area (Å²) in [5.41, 5.74) is 1.09. The number of rotatable bonds is 9. The standard InChI is InChI=1S/C31H40ClFN4O7S2/c1-44-31(39)36-29(28(20-7-9-22(32)10-8-20)21-13-16-45(40,41)17-14-21)30(38)35-27-6-2-5-26(33)25(27)12-11-24-18-34-23-4-3-15-46(42,43)37(24)19-23/h2,5-10,21,23-24,28-29,34H,3-4,11-19H2,1H3,(H,35,38)(H,36,39)/t23?,24-,28-,29-/m0/s1. The predicted octanol–water partition coefficient (Wildman–Crippen LogP) is 3.45. The summed E-state index contributed by atoms with van der Waals surface area (Å²) in [5, 5.41) is 9.34. The second kappa shape index (κ2) is 14.5. The number of ether oxygens (including phenoxy) is 1. The lowest BCUT2D eigenvalue weighted by Gasteiger charge is -2.37. The Morgan fingerprint density at radius 3 is 2.48 bits per heavy atom. The van der Waals surface area contributed by atoms with Gasteiger partial charge in [-0.25, -0.2) is 26.0 Å². The van der Waals surface area contributed by atoms with Crippen molar-refractivity contribution in [2.75, 3.05) is 42.8 Å². The largest absolute Gasteiger partial charge is 0.453 e. The predicted molar refractivity (Wildman–Crippen MR) is 174 cm³/mol. The molecule has 3 saturated heterocycles. The van der Waals surface area contributed by atoms with E-state index in [1.165, 1.54) is 23.5 Å². The van der Waals surface area contributed by atoms with Crippen LogP contribution in [0.3, 0.4) is 0 Å². The topological polar surface area (TPSA) is 151 Å². The molecule has 2 aromatic carbocycles. The Hall–Kier alpha value is -2.78. The van der Waals surface area contributed by atoms with Crippen LogP contribution in [-0.4, -0.2) is 88.7 Å². The van der Waals surface area contributed by atoms with Gasteiger partial charge in [-0.1, -0.05) is 29.8 Å². The van der Waals surface area contributed by atoms with Crippen LogP contribution in [-0.2, 0) is 35.8 Å². The van der Waals surface area contributed by atoms with Gasteiger partial charge in [0.05, 0.1) is 24.4 Å². The highest BCUT2D eigenvalue weighted by molar-refractivity contribution is 7.91. The molecule has 0 aromatic heterocycles. The molecule has 0 aliphatic carbocycles. The number of benzene rings is 2. The third-order valence-corrected chi connectivity index (χ3v) is 13.3. The van der Waals surface area contributed by atoms with Crippen LogP contribution in [0.5, 0.6) is 0 Å². The Morgan fingerprint density at radius 1 is 1.07 bits per heavy atom. The van der Waals surface area contributed by atoms with Gasteiger partial charge in [0.1, 0.15) is 21.7 Å². The molecule has 0 spiro atoms. The zero-order valence-corrected chi connectivity index (χ0v) is 28.0. The molecule has 0 saturated carbocycles.